The van der Waals surface area contributed by atoms with Gasteiger partial charge in [0.2, 0.25) is 0 Å². The van der Waals surface area contributed by atoms with Crippen LogP contribution in [0.2, 0.25) is 0 Å². The lowest BCUT2D eigenvalue weighted by Crippen LogP contribution is -2.04. The maximum Gasteiger partial charge on any atom is 0.274 e. The van der Waals surface area contributed by atoms with Gasteiger partial charge in [0.15, 0.2) is 0 Å². The minimum atomic E-state index is -0.438. The summed E-state index contributed by atoms with van der Waals surface area (Å²) in [5, 5.41) is 19.7. The van der Waals surface area contributed by atoms with Crippen LogP contribution in [0.1, 0.15) is 18.4 Å². The van der Waals surface area contributed by atoms with Crippen LogP contribution in [0.5, 0.6) is 0 Å². The van der Waals surface area contributed by atoms with Gasteiger partial charge in [-0.1, -0.05) is 28.9 Å². The Hall–Kier alpha value is -0.940. The van der Waals surface area contributed by atoms with Gasteiger partial charge in [-0.25, -0.2) is 0 Å². The van der Waals surface area contributed by atoms with E-state index in [-0.39, 0.29) is 18.2 Å². The molecule has 1 atom stereocenters. The predicted octanol–water partition coefficient (Wildman–Crippen LogP) is 2.45. The highest BCUT2D eigenvalue weighted by Crippen LogP contribution is 2.32. The molecule has 1 N–H and O–H groups in total. The monoisotopic (exact) mass is 259 g/mol. The molecule has 0 spiro atoms. The molecule has 1 rings (SSSR count). The Morgan fingerprint density at radius 2 is 2.29 bits per heavy atom. The van der Waals surface area contributed by atoms with Gasteiger partial charge in [-0.2, -0.15) is 0 Å². The molecule has 0 heterocycles. The first kappa shape index (κ1) is 11.1. The van der Waals surface area contributed by atoms with Gasteiger partial charge in [-0.3, -0.25) is 10.1 Å². The third kappa shape index (κ3) is 2.10. The summed E-state index contributed by atoms with van der Waals surface area (Å²) < 4.78 is 0.660. The summed E-state index contributed by atoms with van der Waals surface area (Å²) in [7, 11) is 0. The number of hydrogen-bond donors (Lipinski definition) is 1. The summed E-state index contributed by atoms with van der Waals surface area (Å²) >= 11 is 3.24. The average Bonchev–Trinajstić information content (AvgIpc) is 2.16. The first-order valence-electron chi connectivity index (χ1n) is 4.11. The van der Waals surface area contributed by atoms with Crippen LogP contribution in [0.4, 0.5) is 5.69 Å². The van der Waals surface area contributed by atoms with Crippen LogP contribution in [0.15, 0.2) is 22.7 Å². The van der Waals surface area contributed by atoms with Crippen LogP contribution in [0, 0.1) is 10.1 Å². The van der Waals surface area contributed by atoms with Crippen LogP contribution in [-0.2, 0) is 0 Å². The number of halogens is 1. The van der Waals surface area contributed by atoms with Crippen molar-refractivity contribution in [3.63, 3.8) is 0 Å². The number of nitrogens with zero attached hydrogens (tertiary/aromatic N) is 1. The highest BCUT2D eigenvalue weighted by Gasteiger charge is 2.20. The number of aliphatic hydroxyl groups is 1. The Balaban J connectivity index is 3.29. The molecule has 1 aromatic rings. The molecule has 1 aromatic carbocycles. The number of nitro groups is 1. The van der Waals surface area contributed by atoms with E-state index in [0.29, 0.717) is 10.0 Å². The Kier molecular flexibility index (Phi) is 3.60. The molecule has 14 heavy (non-hydrogen) atoms. The van der Waals surface area contributed by atoms with Gasteiger partial charge < -0.3 is 5.11 Å². The van der Waals surface area contributed by atoms with Crippen LogP contribution >= 0.6 is 15.9 Å². The van der Waals surface area contributed by atoms with Crippen LogP contribution in [-0.4, -0.2) is 16.6 Å². The van der Waals surface area contributed by atoms with Crippen molar-refractivity contribution in [1.82, 2.24) is 0 Å². The van der Waals surface area contributed by atoms with E-state index in [2.05, 4.69) is 15.9 Å². The zero-order valence-corrected chi connectivity index (χ0v) is 9.19. The fourth-order valence-corrected chi connectivity index (χ4v) is 2.01. The molecule has 76 valence electrons. The third-order valence-corrected chi connectivity index (χ3v) is 2.68. The predicted molar refractivity (Wildman–Crippen MR) is 56.3 cm³/mol. The maximum absolute atomic E-state index is 10.7. The molecule has 0 saturated carbocycles. The van der Waals surface area contributed by atoms with Gasteiger partial charge in [-0.15, -0.1) is 0 Å². The second-order valence-corrected chi connectivity index (χ2v) is 3.87. The summed E-state index contributed by atoms with van der Waals surface area (Å²) in [5.41, 5.74) is 0.584. The quantitative estimate of drug-likeness (QED) is 0.670. The number of rotatable bonds is 3. The lowest BCUT2D eigenvalue weighted by molar-refractivity contribution is -0.385. The Morgan fingerprint density at radius 3 is 2.79 bits per heavy atom. The van der Waals surface area contributed by atoms with E-state index in [1.807, 2.05) is 0 Å². The van der Waals surface area contributed by atoms with Crippen LogP contribution in [0.3, 0.4) is 0 Å². The fourth-order valence-electron chi connectivity index (χ4n) is 1.26. The zero-order chi connectivity index (χ0) is 10.7. The Bertz CT molecular complexity index is 354. The first-order valence-corrected chi connectivity index (χ1v) is 4.91. The minimum Gasteiger partial charge on any atom is -0.396 e. The van der Waals surface area contributed by atoms with Crippen molar-refractivity contribution in [1.29, 1.82) is 0 Å². The van der Waals surface area contributed by atoms with E-state index in [1.54, 1.807) is 19.1 Å². The average molecular weight is 260 g/mol. The molecular weight excluding hydrogens is 250 g/mol. The van der Waals surface area contributed by atoms with Gasteiger partial charge in [0, 0.05) is 28.6 Å². The van der Waals surface area contributed by atoms with Crippen molar-refractivity contribution in [2.24, 2.45) is 0 Å². The van der Waals surface area contributed by atoms with E-state index in [0.717, 1.165) is 0 Å². The topological polar surface area (TPSA) is 63.4 Å². The molecule has 0 bridgehead atoms. The number of aliphatic hydroxyl groups excluding tert-OH is 1. The van der Waals surface area contributed by atoms with Gasteiger partial charge in [0.05, 0.1) is 4.92 Å². The zero-order valence-electron chi connectivity index (χ0n) is 7.61. The van der Waals surface area contributed by atoms with Gasteiger partial charge in [0.25, 0.3) is 5.69 Å². The van der Waals surface area contributed by atoms with Crippen molar-refractivity contribution in [3.05, 3.63) is 38.3 Å². The normalized spacial score (nSPS) is 12.5. The number of hydrogen-bond acceptors (Lipinski definition) is 3. The second kappa shape index (κ2) is 4.52. The van der Waals surface area contributed by atoms with Crippen molar-refractivity contribution in [3.8, 4) is 0 Å². The van der Waals surface area contributed by atoms with Crippen LogP contribution in [0.25, 0.3) is 0 Å². The van der Waals surface area contributed by atoms with Gasteiger partial charge in [0.1, 0.15) is 0 Å². The molecule has 0 aliphatic heterocycles. The van der Waals surface area contributed by atoms with E-state index in [9.17, 15) is 10.1 Å². The molecule has 0 aliphatic rings. The van der Waals surface area contributed by atoms with E-state index >= 15 is 0 Å². The smallest absolute Gasteiger partial charge is 0.274 e. The van der Waals surface area contributed by atoms with Crippen LogP contribution < -0.4 is 0 Å². The highest BCUT2D eigenvalue weighted by molar-refractivity contribution is 9.10. The number of nitro benzene ring substituents is 1. The molecule has 0 aromatic heterocycles. The molecule has 0 amide bonds. The first-order chi connectivity index (χ1) is 6.57. The lowest BCUT2D eigenvalue weighted by atomic mass is 10.0. The standard InChI is InChI=1S/C9H10BrNO3/c1-6(5-12)9-7(10)3-2-4-8(9)11(13)14/h2-4,6,12H,5H2,1H3. The van der Waals surface area contributed by atoms with Gasteiger partial charge >= 0.3 is 0 Å². The molecule has 0 radical (unpaired) electrons. The summed E-state index contributed by atoms with van der Waals surface area (Å²) in [5.74, 6) is -0.244. The van der Waals surface area contributed by atoms with Crippen molar-refractivity contribution in [2.75, 3.05) is 6.61 Å². The Labute approximate surface area is 89.8 Å². The summed E-state index contributed by atoms with van der Waals surface area (Å²) in [6, 6.07) is 4.77. The van der Waals surface area contributed by atoms with Crippen molar-refractivity contribution in [2.45, 2.75) is 12.8 Å². The molecule has 0 fully saturated rings. The van der Waals surface area contributed by atoms with E-state index in [1.165, 1.54) is 6.07 Å². The lowest BCUT2D eigenvalue weighted by Gasteiger charge is -2.10. The molecule has 5 heteroatoms. The van der Waals surface area contributed by atoms with E-state index < -0.39 is 4.92 Å². The SMILES string of the molecule is CC(CO)c1c(Br)cccc1[N+](=O)[O-]. The molecule has 1 unspecified atom stereocenters. The summed E-state index contributed by atoms with van der Waals surface area (Å²) in [6.07, 6.45) is 0. The molecule has 0 saturated heterocycles. The fraction of sp³-hybridized carbons (Fsp3) is 0.333. The summed E-state index contributed by atoms with van der Waals surface area (Å²) in [6.45, 7) is 1.64. The second-order valence-electron chi connectivity index (χ2n) is 3.01. The van der Waals surface area contributed by atoms with E-state index in [4.69, 9.17) is 5.11 Å². The maximum atomic E-state index is 10.7. The third-order valence-electron chi connectivity index (χ3n) is 1.99. The highest BCUT2D eigenvalue weighted by atomic mass is 79.9. The van der Waals surface area contributed by atoms with Gasteiger partial charge in [-0.05, 0) is 6.07 Å². The summed E-state index contributed by atoms with van der Waals surface area (Å²) in [4.78, 5) is 10.3. The largest absolute Gasteiger partial charge is 0.396 e. The molecule has 4 nitrogen and oxygen atoms in total. The van der Waals surface area contributed by atoms with Crippen molar-refractivity contribution >= 4 is 21.6 Å². The minimum absolute atomic E-state index is 0.0425. The molecular formula is C9H10BrNO3. The Morgan fingerprint density at radius 1 is 1.64 bits per heavy atom. The van der Waals surface area contributed by atoms with Crippen molar-refractivity contribution < 1.29 is 10.0 Å². The molecule has 0 aliphatic carbocycles. The number of benzene rings is 1.